The first-order chi connectivity index (χ1) is 11.4. The Labute approximate surface area is 146 Å². The predicted octanol–water partition coefficient (Wildman–Crippen LogP) is 2.75. The van der Waals surface area contributed by atoms with Crippen molar-refractivity contribution in [1.82, 2.24) is 4.98 Å². The molecule has 0 aliphatic rings. The van der Waals surface area contributed by atoms with Crippen LogP contribution in [0.25, 0.3) is 10.9 Å². The Morgan fingerprint density at radius 2 is 1.67 bits per heavy atom. The first kappa shape index (κ1) is 17.9. The van der Waals surface area contributed by atoms with E-state index in [9.17, 15) is 14.4 Å². The summed E-state index contributed by atoms with van der Waals surface area (Å²) in [5, 5.41) is 0.352. The van der Waals surface area contributed by atoms with Crippen molar-refractivity contribution in [2.45, 2.75) is 6.92 Å². The largest absolute Gasteiger partial charge is 0.465 e. The van der Waals surface area contributed by atoms with Gasteiger partial charge in [-0.05, 0) is 25.1 Å². The molecule has 0 atom stereocenters. The highest BCUT2D eigenvalue weighted by atomic mass is 79.9. The van der Waals surface area contributed by atoms with Gasteiger partial charge in [-0.1, -0.05) is 15.9 Å². The average Bonchev–Trinajstić information content (AvgIpc) is 2.58. The molecule has 0 N–H and O–H groups in total. The molecule has 2 aromatic rings. The number of ether oxygens (including phenoxy) is 3. The van der Waals surface area contributed by atoms with Crippen LogP contribution in [0, 0.1) is 0 Å². The van der Waals surface area contributed by atoms with E-state index in [2.05, 4.69) is 20.9 Å². The maximum Gasteiger partial charge on any atom is 0.357 e. The van der Waals surface area contributed by atoms with Crippen molar-refractivity contribution in [3.8, 4) is 0 Å². The number of methoxy groups -OCH3 is 2. The van der Waals surface area contributed by atoms with E-state index in [4.69, 9.17) is 14.2 Å². The number of carbonyl (C=O) groups is 3. The Morgan fingerprint density at radius 1 is 1.04 bits per heavy atom. The molecule has 0 saturated carbocycles. The third-order valence-electron chi connectivity index (χ3n) is 3.19. The molecule has 2 rings (SSSR count). The zero-order valence-corrected chi connectivity index (χ0v) is 14.8. The van der Waals surface area contributed by atoms with Crippen LogP contribution >= 0.6 is 15.9 Å². The minimum atomic E-state index is -0.882. The fourth-order valence-electron chi connectivity index (χ4n) is 2.20. The summed E-state index contributed by atoms with van der Waals surface area (Å²) < 4.78 is 15.1. The van der Waals surface area contributed by atoms with Crippen LogP contribution in [0.15, 0.2) is 22.7 Å². The van der Waals surface area contributed by atoms with Gasteiger partial charge in [0.25, 0.3) is 0 Å². The molecule has 0 aliphatic carbocycles. The molecular weight excluding hydrogens is 382 g/mol. The maximum absolute atomic E-state index is 12.3. The second-order valence-electron chi connectivity index (χ2n) is 4.58. The molecule has 24 heavy (non-hydrogen) atoms. The summed E-state index contributed by atoms with van der Waals surface area (Å²) in [5.41, 5.74) is -0.333. The molecule has 8 heteroatoms. The number of hydrogen-bond acceptors (Lipinski definition) is 7. The van der Waals surface area contributed by atoms with Crippen molar-refractivity contribution in [3.63, 3.8) is 0 Å². The van der Waals surface area contributed by atoms with Crippen LogP contribution in [-0.4, -0.2) is 43.7 Å². The minimum Gasteiger partial charge on any atom is -0.465 e. The monoisotopic (exact) mass is 395 g/mol. The fourth-order valence-corrected chi connectivity index (χ4v) is 2.56. The number of aromatic nitrogens is 1. The fraction of sp³-hybridized carbons (Fsp3) is 0.250. The summed E-state index contributed by atoms with van der Waals surface area (Å²) in [4.78, 5) is 40.9. The van der Waals surface area contributed by atoms with E-state index in [1.165, 1.54) is 7.11 Å². The number of esters is 3. The van der Waals surface area contributed by atoms with E-state index >= 15 is 0 Å². The molecule has 1 aromatic heterocycles. The number of pyridine rings is 1. The van der Waals surface area contributed by atoms with Gasteiger partial charge in [0.15, 0.2) is 5.69 Å². The Bertz CT molecular complexity index is 833. The van der Waals surface area contributed by atoms with E-state index in [1.54, 1.807) is 25.1 Å². The molecule has 126 valence electrons. The van der Waals surface area contributed by atoms with Crippen LogP contribution in [0.3, 0.4) is 0 Å². The Morgan fingerprint density at radius 3 is 2.25 bits per heavy atom. The van der Waals surface area contributed by atoms with E-state index in [1.807, 2.05) is 0 Å². The molecule has 0 saturated heterocycles. The number of halogens is 1. The third-order valence-corrected chi connectivity index (χ3v) is 3.69. The van der Waals surface area contributed by atoms with Crippen molar-refractivity contribution in [2.75, 3.05) is 20.8 Å². The third kappa shape index (κ3) is 3.23. The van der Waals surface area contributed by atoms with Gasteiger partial charge in [0.1, 0.15) is 5.56 Å². The topological polar surface area (TPSA) is 91.8 Å². The summed E-state index contributed by atoms with van der Waals surface area (Å²) in [6.45, 7) is 1.71. The predicted molar refractivity (Wildman–Crippen MR) is 88.1 cm³/mol. The van der Waals surface area contributed by atoms with E-state index in [0.717, 1.165) is 7.11 Å². The lowest BCUT2D eigenvalue weighted by Crippen LogP contribution is -2.21. The lowest BCUT2D eigenvalue weighted by molar-refractivity contribution is 0.0493. The summed E-state index contributed by atoms with van der Waals surface area (Å²) in [5.74, 6) is -2.49. The van der Waals surface area contributed by atoms with Gasteiger partial charge in [-0.2, -0.15) is 0 Å². The zero-order chi connectivity index (χ0) is 17.9. The first-order valence-electron chi connectivity index (χ1n) is 6.91. The van der Waals surface area contributed by atoms with Crippen LogP contribution in [0.4, 0.5) is 0 Å². The average molecular weight is 396 g/mol. The standard InChI is InChI=1S/C16H14BrNO6/c1-4-24-16(21)13-12(15(20)23-3)11(14(19)22-2)9-7-8(17)5-6-10(9)18-13/h5-7H,4H2,1-3H3. The molecule has 0 aliphatic heterocycles. The Hall–Kier alpha value is -2.48. The Kier molecular flexibility index (Phi) is 5.50. The van der Waals surface area contributed by atoms with Gasteiger partial charge in [0, 0.05) is 9.86 Å². The lowest BCUT2D eigenvalue weighted by Gasteiger charge is -2.13. The van der Waals surface area contributed by atoms with Crippen molar-refractivity contribution >= 4 is 44.7 Å². The molecule has 0 unspecified atom stereocenters. The number of hydrogen-bond donors (Lipinski definition) is 0. The van der Waals surface area contributed by atoms with Crippen molar-refractivity contribution < 1.29 is 28.6 Å². The number of carbonyl (C=O) groups excluding carboxylic acids is 3. The maximum atomic E-state index is 12.3. The molecule has 0 radical (unpaired) electrons. The highest BCUT2D eigenvalue weighted by Crippen LogP contribution is 2.28. The smallest absolute Gasteiger partial charge is 0.357 e. The molecule has 0 spiro atoms. The summed E-state index contributed by atoms with van der Waals surface area (Å²) in [7, 11) is 2.32. The zero-order valence-electron chi connectivity index (χ0n) is 13.2. The van der Waals surface area contributed by atoms with E-state index in [0.29, 0.717) is 15.4 Å². The number of benzene rings is 1. The van der Waals surface area contributed by atoms with E-state index in [-0.39, 0.29) is 23.4 Å². The second kappa shape index (κ2) is 7.39. The first-order valence-corrected chi connectivity index (χ1v) is 7.70. The van der Waals surface area contributed by atoms with Gasteiger partial charge in [0.2, 0.25) is 0 Å². The molecule has 1 aromatic carbocycles. The van der Waals surface area contributed by atoms with Crippen molar-refractivity contribution in [2.24, 2.45) is 0 Å². The van der Waals surface area contributed by atoms with Crippen LogP contribution in [0.1, 0.15) is 38.1 Å². The van der Waals surface area contributed by atoms with Gasteiger partial charge in [-0.15, -0.1) is 0 Å². The van der Waals surface area contributed by atoms with Gasteiger partial charge >= 0.3 is 17.9 Å². The van der Waals surface area contributed by atoms with Crippen LogP contribution in [-0.2, 0) is 14.2 Å². The van der Waals surface area contributed by atoms with Crippen LogP contribution in [0.2, 0.25) is 0 Å². The number of nitrogens with zero attached hydrogens (tertiary/aromatic N) is 1. The quantitative estimate of drug-likeness (QED) is 0.580. The SMILES string of the molecule is CCOC(=O)c1nc2ccc(Br)cc2c(C(=O)OC)c1C(=O)OC. The Balaban J connectivity index is 2.95. The highest BCUT2D eigenvalue weighted by molar-refractivity contribution is 9.10. The highest BCUT2D eigenvalue weighted by Gasteiger charge is 2.30. The van der Waals surface area contributed by atoms with E-state index < -0.39 is 17.9 Å². The summed E-state index contributed by atoms with van der Waals surface area (Å²) >= 11 is 3.30. The van der Waals surface area contributed by atoms with Crippen molar-refractivity contribution in [3.05, 3.63) is 39.5 Å². The number of rotatable bonds is 4. The summed E-state index contributed by atoms with van der Waals surface area (Å²) in [6.07, 6.45) is 0. The molecule has 0 bridgehead atoms. The molecule has 0 amide bonds. The molecule has 1 heterocycles. The van der Waals surface area contributed by atoms with Gasteiger partial charge < -0.3 is 14.2 Å². The second-order valence-corrected chi connectivity index (χ2v) is 5.49. The van der Waals surface area contributed by atoms with Gasteiger partial charge in [0.05, 0.1) is 31.9 Å². The molecule has 7 nitrogen and oxygen atoms in total. The minimum absolute atomic E-state index is 0.0903. The summed E-state index contributed by atoms with van der Waals surface area (Å²) in [6, 6.07) is 4.91. The lowest BCUT2D eigenvalue weighted by atomic mass is 10.00. The van der Waals surface area contributed by atoms with Gasteiger partial charge in [-0.3, -0.25) is 0 Å². The number of fused-ring (bicyclic) bond motifs is 1. The molecule has 0 fully saturated rings. The normalized spacial score (nSPS) is 10.3. The van der Waals surface area contributed by atoms with Gasteiger partial charge in [-0.25, -0.2) is 19.4 Å². The molecular formula is C16H14BrNO6. The van der Waals surface area contributed by atoms with Crippen LogP contribution < -0.4 is 0 Å². The van der Waals surface area contributed by atoms with Crippen LogP contribution in [0.5, 0.6) is 0 Å². The van der Waals surface area contributed by atoms with Crippen molar-refractivity contribution in [1.29, 1.82) is 0 Å².